The number of nitrogens with one attached hydrogen (secondary N) is 1. The van der Waals surface area contributed by atoms with Crippen molar-refractivity contribution in [1.29, 1.82) is 0 Å². The third-order valence-corrected chi connectivity index (χ3v) is 2.36. The Morgan fingerprint density at radius 1 is 1.24 bits per heavy atom. The first-order valence-corrected chi connectivity index (χ1v) is 5.32. The predicted octanol–water partition coefficient (Wildman–Crippen LogP) is 2.39. The van der Waals surface area contributed by atoms with Crippen LogP contribution in [0.25, 0.3) is 0 Å². The molecule has 0 aliphatic heterocycles. The number of halogens is 1. The SMILES string of the molecule is O=C(NCCc1ccc(F)cc1)c1ccco1. The summed E-state index contributed by atoms with van der Waals surface area (Å²) in [7, 11) is 0. The summed E-state index contributed by atoms with van der Waals surface area (Å²) in [6.45, 7) is 0.491. The van der Waals surface area contributed by atoms with Crippen molar-refractivity contribution in [2.45, 2.75) is 6.42 Å². The Kier molecular flexibility index (Phi) is 3.55. The fraction of sp³-hybridized carbons (Fsp3) is 0.154. The first-order chi connectivity index (χ1) is 8.25. The first kappa shape index (κ1) is 11.4. The molecule has 1 amide bonds. The van der Waals surface area contributed by atoms with Gasteiger partial charge in [-0.2, -0.15) is 0 Å². The van der Waals surface area contributed by atoms with Crippen molar-refractivity contribution in [2.24, 2.45) is 0 Å². The second kappa shape index (κ2) is 5.30. The molecular weight excluding hydrogens is 221 g/mol. The molecule has 2 aromatic rings. The monoisotopic (exact) mass is 233 g/mol. The zero-order valence-corrected chi connectivity index (χ0v) is 9.15. The summed E-state index contributed by atoms with van der Waals surface area (Å²) < 4.78 is 17.6. The lowest BCUT2D eigenvalue weighted by Gasteiger charge is -2.03. The fourth-order valence-corrected chi connectivity index (χ4v) is 1.47. The van der Waals surface area contributed by atoms with Gasteiger partial charge in [0.2, 0.25) is 0 Å². The van der Waals surface area contributed by atoms with Crippen LogP contribution in [0.2, 0.25) is 0 Å². The van der Waals surface area contributed by atoms with E-state index in [4.69, 9.17) is 4.42 Å². The molecule has 3 nitrogen and oxygen atoms in total. The summed E-state index contributed by atoms with van der Waals surface area (Å²) in [4.78, 5) is 11.5. The van der Waals surface area contributed by atoms with Gasteiger partial charge in [0.1, 0.15) is 5.82 Å². The van der Waals surface area contributed by atoms with Crippen LogP contribution >= 0.6 is 0 Å². The van der Waals surface area contributed by atoms with Crippen LogP contribution in [0.15, 0.2) is 47.1 Å². The van der Waals surface area contributed by atoms with Gasteiger partial charge in [-0.25, -0.2) is 4.39 Å². The molecular formula is C13H12FNO2. The Morgan fingerprint density at radius 2 is 2.00 bits per heavy atom. The minimum atomic E-state index is -0.256. The van der Waals surface area contributed by atoms with Crippen molar-refractivity contribution in [3.05, 3.63) is 59.8 Å². The third kappa shape index (κ3) is 3.17. The van der Waals surface area contributed by atoms with Gasteiger partial charge < -0.3 is 9.73 Å². The molecule has 0 aliphatic rings. The van der Waals surface area contributed by atoms with E-state index in [0.29, 0.717) is 18.7 Å². The van der Waals surface area contributed by atoms with Crippen LogP contribution in [-0.4, -0.2) is 12.5 Å². The molecule has 1 aromatic heterocycles. The molecule has 1 heterocycles. The van der Waals surface area contributed by atoms with E-state index >= 15 is 0 Å². The van der Waals surface area contributed by atoms with Gasteiger partial charge in [0.15, 0.2) is 5.76 Å². The highest BCUT2D eigenvalue weighted by Gasteiger charge is 2.06. The van der Waals surface area contributed by atoms with Gasteiger partial charge in [0.05, 0.1) is 6.26 Å². The number of rotatable bonds is 4. The van der Waals surface area contributed by atoms with Crippen LogP contribution in [0.4, 0.5) is 4.39 Å². The summed E-state index contributed by atoms with van der Waals surface area (Å²) in [5, 5.41) is 2.72. The largest absolute Gasteiger partial charge is 0.459 e. The van der Waals surface area contributed by atoms with E-state index < -0.39 is 0 Å². The fourth-order valence-electron chi connectivity index (χ4n) is 1.47. The van der Waals surface area contributed by atoms with E-state index in [1.807, 2.05) is 0 Å². The molecule has 0 unspecified atom stereocenters. The van der Waals surface area contributed by atoms with Crippen LogP contribution in [0.1, 0.15) is 16.1 Å². The van der Waals surface area contributed by atoms with E-state index in [1.165, 1.54) is 18.4 Å². The molecule has 0 bridgehead atoms. The minimum absolute atomic E-state index is 0.239. The molecule has 0 atom stereocenters. The molecule has 1 aromatic carbocycles. The highest BCUT2D eigenvalue weighted by Crippen LogP contribution is 2.03. The van der Waals surface area contributed by atoms with Crippen molar-refractivity contribution < 1.29 is 13.6 Å². The molecule has 0 fully saturated rings. The Labute approximate surface area is 98.3 Å². The highest BCUT2D eigenvalue weighted by atomic mass is 19.1. The van der Waals surface area contributed by atoms with Crippen LogP contribution in [-0.2, 0) is 6.42 Å². The van der Waals surface area contributed by atoms with Crippen molar-refractivity contribution in [3.63, 3.8) is 0 Å². The Morgan fingerprint density at radius 3 is 2.65 bits per heavy atom. The van der Waals surface area contributed by atoms with Crippen molar-refractivity contribution in [2.75, 3.05) is 6.54 Å². The van der Waals surface area contributed by atoms with Crippen molar-refractivity contribution >= 4 is 5.91 Å². The van der Waals surface area contributed by atoms with E-state index in [0.717, 1.165) is 5.56 Å². The molecule has 17 heavy (non-hydrogen) atoms. The molecule has 0 saturated carbocycles. The second-order valence-corrected chi connectivity index (χ2v) is 3.61. The molecule has 0 aliphatic carbocycles. The van der Waals surface area contributed by atoms with Gasteiger partial charge in [-0.1, -0.05) is 12.1 Å². The minimum Gasteiger partial charge on any atom is -0.459 e. The molecule has 1 N–H and O–H groups in total. The summed E-state index contributed by atoms with van der Waals surface area (Å²) in [5.41, 5.74) is 0.978. The van der Waals surface area contributed by atoms with Gasteiger partial charge in [-0.3, -0.25) is 4.79 Å². The lowest BCUT2D eigenvalue weighted by molar-refractivity contribution is 0.0926. The number of hydrogen-bond donors (Lipinski definition) is 1. The molecule has 88 valence electrons. The molecule has 0 spiro atoms. The van der Waals surface area contributed by atoms with Crippen molar-refractivity contribution in [3.8, 4) is 0 Å². The van der Waals surface area contributed by atoms with E-state index in [9.17, 15) is 9.18 Å². The lowest BCUT2D eigenvalue weighted by Crippen LogP contribution is -2.25. The smallest absolute Gasteiger partial charge is 0.286 e. The maximum absolute atomic E-state index is 12.6. The number of amides is 1. The van der Waals surface area contributed by atoms with Crippen LogP contribution in [0.5, 0.6) is 0 Å². The van der Waals surface area contributed by atoms with Crippen molar-refractivity contribution in [1.82, 2.24) is 5.32 Å². The van der Waals surface area contributed by atoms with Gasteiger partial charge in [0, 0.05) is 6.54 Å². The highest BCUT2D eigenvalue weighted by molar-refractivity contribution is 5.91. The Hall–Kier alpha value is -2.10. The average Bonchev–Trinajstić information content (AvgIpc) is 2.85. The van der Waals surface area contributed by atoms with Crippen LogP contribution in [0.3, 0.4) is 0 Å². The van der Waals surface area contributed by atoms with Gasteiger partial charge in [-0.15, -0.1) is 0 Å². The standard InChI is InChI=1S/C13H12FNO2/c14-11-5-3-10(4-6-11)7-8-15-13(16)12-2-1-9-17-12/h1-6,9H,7-8H2,(H,15,16). The first-order valence-electron chi connectivity index (χ1n) is 5.32. The molecule has 2 rings (SSSR count). The van der Waals surface area contributed by atoms with Crippen LogP contribution < -0.4 is 5.32 Å². The van der Waals surface area contributed by atoms with E-state index in [-0.39, 0.29) is 11.7 Å². The molecule has 4 heteroatoms. The van der Waals surface area contributed by atoms with Crippen LogP contribution in [0, 0.1) is 5.82 Å². The Bertz CT molecular complexity index is 477. The zero-order valence-electron chi connectivity index (χ0n) is 9.15. The van der Waals surface area contributed by atoms with E-state index in [2.05, 4.69) is 5.32 Å². The average molecular weight is 233 g/mol. The number of carbonyl (C=O) groups excluding carboxylic acids is 1. The third-order valence-electron chi connectivity index (χ3n) is 2.36. The summed E-state index contributed by atoms with van der Waals surface area (Å²) >= 11 is 0. The van der Waals surface area contributed by atoms with E-state index in [1.54, 1.807) is 24.3 Å². The second-order valence-electron chi connectivity index (χ2n) is 3.61. The number of carbonyl (C=O) groups is 1. The zero-order chi connectivity index (χ0) is 12.1. The normalized spacial score (nSPS) is 10.2. The maximum Gasteiger partial charge on any atom is 0.286 e. The summed E-state index contributed by atoms with van der Waals surface area (Å²) in [6.07, 6.45) is 2.11. The quantitative estimate of drug-likeness (QED) is 0.881. The lowest BCUT2D eigenvalue weighted by atomic mass is 10.1. The molecule has 0 radical (unpaired) electrons. The number of benzene rings is 1. The van der Waals surface area contributed by atoms with Gasteiger partial charge >= 0.3 is 0 Å². The summed E-state index contributed by atoms with van der Waals surface area (Å²) in [5.74, 6) is -0.199. The Balaban J connectivity index is 1.80. The maximum atomic E-state index is 12.6. The summed E-state index contributed by atoms with van der Waals surface area (Å²) in [6, 6.07) is 9.48. The molecule has 0 saturated heterocycles. The van der Waals surface area contributed by atoms with Gasteiger partial charge in [-0.05, 0) is 36.2 Å². The number of furan rings is 1. The number of hydrogen-bond acceptors (Lipinski definition) is 2. The predicted molar refractivity (Wildman–Crippen MR) is 61.1 cm³/mol. The van der Waals surface area contributed by atoms with Gasteiger partial charge in [0.25, 0.3) is 5.91 Å². The topological polar surface area (TPSA) is 42.2 Å².